The summed E-state index contributed by atoms with van der Waals surface area (Å²) < 4.78 is 10.6. The third-order valence-electron chi connectivity index (χ3n) is 5.94. The Morgan fingerprint density at radius 2 is 2.04 bits per heavy atom. The van der Waals surface area contributed by atoms with Gasteiger partial charge in [0.15, 0.2) is 0 Å². The van der Waals surface area contributed by atoms with Crippen LogP contribution in [-0.4, -0.2) is 59.2 Å². The molecule has 1 N–H and O–H groups in total. The van der Waals surface area contributed by atoms with E-state index >= 15 is 0 Å². The second kappa shape index (κ2) is 6.20. The van der Waals surface area contributed by atoms with E-state index in [1.54, 1.807) is 19.5 Å². The molecule has 0 bridgehead atoms. The summed E-state index contributed by atoms with van der Waals surface area (Å²) in [6, 6.07) is 6.45. The first-order valence-electron chi connectivity index (χ1n) is 9.31. The highest BCUT2D eigenvalue weighted by Crippen LogP contribution is 2.38. The van der Waals surface area contributed by atoms with Crippen LogP contribution < -0.4 is 10.1 Å². The van der Waals surface area contributed by atoms with Crippen LogP contribution in [0.25, 0.3) is 0 Å². The first-order valence-corrected chi connectivity index (χ1v) is 9.31. The lowest BCUT2D eigenvalue weighted by Crippen LogP contribution is -2.72. The number of likely N-dealkylation sites (tertiary alicyclic amines) is 1. The van der Waals surface area contributed by atoms with Gasteiger partial charge >= 0.3 is 0 Å². The van der Waals surface area contributed by atoms with E-state index < -0.39 is 0 Å². The van der Waals surface area contributed by atoms with Gasteiger partial charge in [-0.25, -0.2) is 9.97 Å². The van der Waals surface area contributed by atoms with Crippen LogP contribution in [0.3, 0.4) is 0 Å². The molecule has 3 aliphatic rings. The number of aromatic nitrogens is 2. The van der Waals surface area contributed by atoms with Gasteiger partial charge in [0.1, 0.15) is 5.75 Å². The van der Waals surface area contributed by atoms with Gasteiger partial charge in [0.2, 0.25) is 5.95 Å². The molecule has 1 spiro atoms. The van der Waals surface area contributed by atoms with E-state index in [4.69, 9.17) is 9.47 Å². The summed E-state index contributed by atoms with van der Waals surface area (Å²) in [6.07, 6.45) is 6.10. The van der Waals surface area contributed by atoms with Crippen LogP contribution in [0.1, 0.15) is 27.9 Å². The maximum Gasteiger partial charge on any atom is 0.257 e. The maximum atomic E-state index is 12.7. The number of carbonyl (C=O) groups excluding carboxylic acids is 1. The number of rotatable bonds is 4. The molecule has 7 heteroatoms. The van der Waals surface area contributed by atoms with Crippen LogP contribution in [0.5, 0.6) is 5.75 Å². The smallest absolute Gasteiger partial charge is 0.257 e. The highest BCUT2D eigenvalue weighted by molar-refractivity contribution is 5.95. The molecule has 27 heavy (non-hydrogen) atoms. The lowest BCUT2D eigenvalue weighted by molar-refractivity contribution is -0.172. The number of anilines is 1. The predicted molar refractivity (Wildman–Crippen MR) is 99.0 cm³/mol. The van der Waals surface area contributed by atoms with E-state index in [0.29, 0.717) is 24.7 Å². The predicted octanol–water partition coefficient (Wildman–Crippen LogP) is 1.68. The molecule has 2 aliphatic heterocycles. The molecule has 1 aromatic heterocycles. The number of fused-ring (bicyclic) bond motifs is 1. The van der Waals surface area contributed by atoms with Gasteiger partial charge in [0.25, 0.3) is 5.91 Å². The summed E-state index contributed by atoms with van der Waals surface area (Å²) in [6.45, 7) is 2.07. The van der Waals surface area contributed by atoms with Crippen molar-refractivity contribution < 1.29 is 14.3 Å². The molecule has 2 aromatic rings. The monoisotopic (exact) mass is 366 g/mol. The van der Waals surface area contributed by atoms with Crippen LogP contribution in [0, 0.1) is 0 Å². The molecular weight excluding hydrogens is 344 g/mol. The maximum absolute atomic E-state index is 12.7. The largest absolute Gasteiger partial charge is 0.497 e. The Balaban J connectivity index is 1.23. The minimum Gasteiger partial charge on any atom is -0.497 e. The fourth-order valence-corrected chi connectivity index (χ4v) is 4.17. The first-order chi connectivity index (χ1) is 13.2. The summed E-state index contributed by atoms with van der Waals surface area (Å²) >= 11 is 0. The molecule has 2 saturated heterocycles. The third-order valence-corrected chi connectivity index (χ3v) is 5.94. The van der Waals surface area contributed by atoms with Gasteiger partial charge in [-0.2, -0.15) is 0 Å². The van der Waals surface area contributed by atoms with Gasteiger partial charge in [-0.05, 0) is 42.5 Å². The standard InChI is InChI=1S/C20H22N4O3/c1-26-17-3-2-13-6-16(7-14(13)8-17)23-19-21-9-15(10-22-19)18(25)24-5-4-20(24)11-27-12-20/h2-3,8-10,16H,4-7,11-12H2,1H3,(H,21,22,23). The minimum atomic E-state index is -0.0648. The summed E-state index contributed by atoms with van der Waals surface area (Å²) in [5.41, 5.74) is 3.09. The van der Waals surface area contributed by atoms with Crippen molar-refractivity contribution in [3.8, 4) is 5.75 Å². The second-order valence-corrected chi connectivity index (χ2v) is 7.60. The number of hydrogen-bond acceptors (Lipinski definition) is 6. The second-order valence-electron chi connectivity index (χ2n) is 7.60. The molecule has 1 unspecified atom stereocenters. The average Bonchev–Trinajstić information content (AvgIpc) is 3.01. The Kier molecular flexibility index (Phi) is 3.79. The quantitative estimate of drug-likeness (QED) is 0.887. The van der Waals surface area contributed by atoms with Crippen molar-refractivity contribution in [1.29, 1.82) is 0 Å². The summed E-state index contributed by atoms with van der Waals surface area (Å²) in [4.78, 5) is 23.3. The summed E-state index contributed by atoms with van der Waals surface area (Å²) in [5, 5.41) is 3.38. The molecule has 0 radical (unpaired) electrons. The lowest BCUT2D eigenvalue weighted by atomic mass is 9.82. The van der Waals surface area contributed by atoms with Gasteiger partial charge in [0, 0.05) is 25.0 Å². The van der Waals surface area contributed by atoms with E-state index in [1.165, 1.54) is 11.1 Å². The van der Waals surface area contributed by atoms with Crippen molar-refractivity contribution in [1.82, 2.24) is 14.9 Å². The SMILES string of the molecule is COc1ccc2c(c1)CC(Nc1ncc(C(=O)N3CCC34COC4)cn1)C2. The van der Waals surface area contributed by atoms with Crippen molar-refractivity contribution in [3.63, 3.8) is 0 Å². The molecule has 2 fully saturated rings. The van der Waals surface area contributed by atoms with E-state index in [9.17, 15) is 4.79 Å². The zero-order valence-corrected chi connectivity index (χ0v) is 15.3. The molecule has 3 heterocycles. The fourth-order valence-electron chi connectivity index (χ4n) is 4.17. The molecule has 1 atom stereocenters. The van der Waals surface area contributed by atoms with Crippen molar-refractivity contribution >= 4 is 11.9 Å². The van der Waals surface area contributed by atoms with Crippen molar-refractivity contribution in [2.45, 2.75) is 30.8 Å². The summed E-state index contributed by atoms with van der Waals surface area (Å²) in [7, 11) is 1.68. The van der Waals surface area contributed by atoms with E-state index in [0.717, 1.165) is 31.6 Å². The van der Waals surface area contributed by atoms with E-state index in [1.807, 2.05) is 11.0 Å². The Hall–Kier alpha value is -2.67. The van der Waals surface area contributed by atoms with Crippen LogP contribution in [0.15, 0.2) is 30.6 Å². The van der Waals surface area contributed by atoms with Crippen LogP contribution in [0.4, 0.5) is 5.95 Å². The number of amides is 1. The number of ether oxygens (including phenoxy) is 2. The average molecular weight is 366 g/mol. The minimum absolute atomic E-state index is 0.00327. The molecule has 1 amide bonds. The Morgan fingerprint density at radius 3 is 2.67 bits per heavy atom. The highest BCUT2D eigenvalue weighted by atomic mass is 16.5. The van der Waals surface area contributed by atoms with Gasteiger partial charge in [-0.3, -0.25) is 4.79 Å². The topological polar surface area (TPSA) is 76.6 Å². The summed E-state index contributed by atoms with van der Waals surface area (Å²) in [5.74, 6) is 1.44. The van der Waals surface area contributed by atoms with Gasteiger partial charge in [0.05, 0.1) is 31.4 Å². The zero-order chi connectivity index (χ0) is 18.4. The van der Waals surface area contributed by atoms with Crippen LogP contribution >= 0.6 is 0 Å². The Morgan fingerprint density at radius 1 is 1.26 bits per heavy atom. The van der Waals surface area contributed by atoms with E-state index in [2.05, 4.69) is 27.4 Å². The van der Waals surface area contributed by atoms with Crippen molar-refractivity contribution in [2.24, 2.45) is 0 Å². The normalized spacial score (nSPS) is 22.0. The number of nitrogens with zero attached hydrogens (tertiary/aromatic N) is 3. The molecule has 5 rings (SSSR count). The molecule has 1 aromatic carbocycles. The van der Waals surface area contributed by atoms with Crippen LogP contribution in [-0.2, 0) is 17.6 Å². The lowest BCUT2D eigenvalue weighted by Gasteiger charge is -2.57. The number of hydrogen-bond donors (Lipinski definition) is 1. The number of methoxy groups -OCH3 is 1. The zero-order valence-electron chi connectivity index (χ0n) is 15.3. The van der Waals surface area contributed by atoms with Gasteiger partial charge < -0.3 is 19.7 Å². The van der Waals surface area contributed by atoms with Gasteiger partial charge in [-0.15, -0.1) is 0 Å². The number of benzene rings is 1. The van der Waals surface area contributed by atoms with E-state index in [-0.39, 0.29) is 17.5 Å². The molecule has 1 aliphatic carbocycles. The fraction of sp³-hybridized carbons (Fsp3) is 0.450. The number of carbonyl (C=O) groups is 1. The first kappa shape index (κ1) is 16.5. The molecule has 0 saturated carbocycles. The molecular formula is C20H22N4O3. The van der Waals surface area contributed by atoms with Crippen molar-refractivity contribution in [3.05, 3.63) is 47.3 Å². The Bertz CT molecular complexity index is 874. The van der Waals surface area contributed by atoms with Crippen molar-refractivity contribution in [2.75, 3.05) is 32.2 Å². The number of nitrogens with one attached hydrogen (secondary N) is 1. The highest BCUT2D eigenvalue weighted by Gasteiger charge is 2.53. The van der Waals surface area contributed by atoms with Crippen LogP contribution in [0.2, 0.25) is 0 Å². The molecule has 7 nitrogen and oxygen atoms in total. The van der Waals surface area contributed by atoms with Gasteiger partial charge in [-0.1, -0.05) is 6.07 Å². The Labute approximate surface area is 157 Å². The third kappa shape index (κ3) is 2.73. The molecule has 140 valence electrons.